The quantitative estimate of drug-likeness (QED) is 0.782. The van der Waals surface area contributed by atoms with Gasteiger partial charge in [-0.05, 0) is 30.3 Å². The van der Waals surface area contributed by atoms with Crippen molar-refractivity contribution in [3.05, 3.63) is 42.0 Å². The third kappa shape index (κ3) is 4.08. The van der Waals surface area contributed by atoms with Crippen molar-refractivity contribution in [2.45, 2.75) is 11.1 Å². The molecule has 0 saturated heterocycles. The second-order valence-corrected chi connectivity index (χ2v) is 6.53. The first-order chi connectivity index (χ1) is 11.6. The van der Waals surface area contributed by atoms with E-state index >= 15 is 0 Å². The monoisotopic (exact) mass is 377 g/mol. The summed E-state index contributed by atoms with van der Waals surface area (Å²) < 4.78 is 74.9. The molecular formula is C15H14F3NO5S. The fraction of sp³-hybridized carbons (Fsp3) is 0.200. The van der Waals surface area contributed by atoms with Crippen molar-refractivity contribution in [3.63, 3.8) is 0 Å². The summed E-state index contributed by atoms with van der Waals surface area (Å²) in [6.07, 6.45) is -4.68. The Morgan fingerprint density at radius 1 is 1.00 bits per heavy atom. The standard InChI is InChI=1S/C15H14F3NO5S/c1-23-13-6-4-10(8-14(13)24-2)25(21,22)19-11-7-9(15(16,17)18)3-5-12(11)20/h3-8,19-20H,1-2H3. The van der Waals surface area contributed by atoms with E-state index in [9.17, 15) is 26.7 Å². The number of hydrogen-bond donors (Lipinski definition) is 2. The minimum absolute atomic E-state index is 0.124. The van der Waals surface area contributed by atoms with E-state index in [0.29, 0.717) is 12.1 Å². The molecule has 2 rings (SSSR count). The lowest BCUT2D eigenvalue weighted by Crippen LogP contribution is -2.14. The molecule has 136 valence electrons. The fourth-order valence-electron chi connectivity index (χ4n) is 1.98. The molecule has 0 atom stereocenters. The zero-order chi connectivity index (χ0) is 18.8. The highest BCUT2D eigenvalue weighted by Crippen LogP contribution is 2.36. The Labute approximate surface area is 141 Å². The number of alkyl halides is 3. The minimum atomic E-state index is -4.68. The van der Waals surface area contributed by atoms with Gasteiger partial charge in [0.1, 0.15) is 5.75 Å². The Bertz CT molecular complexity index is 881. The van der Waals surface area contributed by atoms with Crippen LogP contribution in [-0.2, 0) is 16.2 Å². The second-order valence-electron chi connectivity index (χ2n) is 4.85. The molecule has 0 unspecified atom stereocenters. The number of anilines is 1. The van der Waals surface area contributed by atoms with Crippen LogP contribution in [0.2, 0.25) is 0 Å². The maximum atomic E-state index is 12.7. The Morgan fingerprint density at radius 2 is 1.64 bits per heavy atom. The Balaban J connectivity index is 2.43. The van der Waals surface area contributed by atoms with E-state index in [1.54, 1.807) is 0 Å². The van der Waals surface area contributed by atoms with Crippen LogP contribution in [0.15, 0.2) is 41.3 Å². The summed E-state index contributed by atoms with van der Waals surface area (Å²) in [7, 11) is -1.60. The van der Waals surface area contributed by atoms with E-state index in [1.165, 1.54) is 26.4 Å². The highest BCUT2D eigenvalue weighted by atomic mass is 32.2. The van der Waals surface area contributed by atoms with Crippen LogP contribution < -0.4 is 14.2 Å². The van der Waals surface area contributed by atoms with Crippen molar-refractivity contribution in [2.75, 3.05) is 18.9 Å². The number of rotatable bonds is 5. The van der Waals surface area contributed by atoms with Crippen LogP contribution in [0.5, 0.6) is 17.2 Å². The van der Waals surface area contributed by atoms with E-state index in [1.807, 2.05) is 4.72 Å². The van der Waals surface area contributed by atoms with Gasteiger partial charge in [0.2, 0.25) is 0 Å². The van der Waals surface area contributed by atoms with Crippen LogP contribution in [0.1, 0.15) is 5.56 Å². The zero-order valence-electron chi connectivity index (χ0n) is 13.1. The highest BCUT2D eigenvalue weighted by Gasteiger charge is 2.31. The van der Waals surface area contributed by atoms with Crippen molar-refractivity contribution in [1.29, 1.82) is 0 Å². The number of phenols is 1. The molecule has 6 nitrogen and oxygen atoms in total. The van der Waals surface area contributed by atoms with Crippen molar-refractivity contribution in [2.24, 2.45) is 0 Å². The lowest BCUT2D eigenvalue weighted by molar-refractivity contribution is -0.137. The van der Waals surface area contributed by atoms with E-state index in [0.717, 1.165) is 12.1 Å². The second kappa shape index (κ2) is 6.71. The van der Waals surface area contributed by atoms with Crippen LogP contribution in [0.25, 0.3) is 0 Å². The van der Waals surface area contributed by atoms with Gasteiger partial charge >= 0.3 is 6.18 Å². The summed E-state index contributed by atoms with van der Waals surface area (Å²) in [5.41, 5.74) is -1.69. The first-order valence-corrected chi connectivity index (χ1v) is 8.22. The SMILES string of the molecule is COc1ccc(S(=O)(=O)Nc2cc(C(F)(F)F)ccc2O)cc1OC. The molecule has 0 radical (unpaired) electrons. The first-order valence-electron chi connectivity index (χ1n) is 6.73. The number of halogens is 3. The van der Waals surface area contributed by atoms with Gasteiger partial charge in [-0.3, -0.25) is 4.72 Å². The summed E-state index contributed by atoms with van der Waals surface area (Å²) in [5, 5.41) is 9.65. The van der Waals surface area contributed by atoms with Crippen molar-refractivity contribution in [3.8, 4) is 17.2 Å². The van der Waals surface area contributed by atoms with Crippen molar-refractivity contribution < 1.29 is 36.2 Å². The molecule has 0 bridgehead atoms. The Hall–Kier alpha value is -2.62. The predicted molar refractivity (Wildman–Crippen MR) is 83.5 cm³/mol. The van der Waals surface area contributed by atoms with Gasteiger partial charge in [0.05, 0.1) is 30.4 Å². The average molecular weight is 377 g/mol. The average Bonchev–Trinajstić information content (AvgIpc) is 2.54. The molecule has 2 aromatic rings. The molecule has 0 fully saturated rings. The highest BCUT2D eigenvalue weighted by molar-refractivity contribution is 7.92. The maximum absolute atomic E-state index is 12.7. The van der Waals surface area contributed by atoms with Crippen LogP contribution in [-0.4, -0.2) is 27.7 Å². The summed E-state index contributed by atoms with van der Waals surface area (Å²) in [5.74, 6) is -0.237. The van der Waals surface area contributed by atoms with E-state index < -0.39 is 33.2 Å². The molecule has 2 N–H and O–H groups in total. The van der Waals surface area contributed by atoms with Crippen molar-refractivity contribution in [1.82, 2.24) is 0 Å². The lowest BCUT2D eigenvalue weighted by Gasteiger charge is -2.14. The molecule has 0 saturated carbocycles. The first kappa shape index (κ1) is 18.7. The van der Waals surface area contributed by atoms with Gasteiger partial charge in [0, 0.05) is 6.07 Å². The molecule has 0 aliphatic rings. The number of nitrogens with one attached hydrogen (secondary N) is 1. The third-order valence-corrected chi connectivity index (χ3v) is 4.60. The number of methoxy groups -OCH3 is 2. The number of hydrogen-bond acceptors (Lipinski definition) is 5. The lowest BCUT2D eigenvalue weighted by atomic mass is 10.2. The van der Waals surface area contributed by atoms with Gasteiger partial charge < -0.3 is 14.6 Å². The molecule has 0 aliphatic carbocycles. The topological polar surface area (TPSA) is 84.9 Å². The number of sulfonamides is 1. The normalized spacial score (nSPS) is 11.9. The molecule has 0 aromatic heterocycles. The molecule has 2 aromatic carbocycles. The molecule has 10 heteroatoms. The molecule has 25 heavy (non-hydrogen) atoms. The van der Waals surface area contributed by atoms with E-state index in [-0.39, 0.29) is 16.4 Å². The number of benzene rings is 2. The Kier molecular flexibility index (Phi) is 5.02. The van der Waals surface area contributed by atoms with Crippen LogP contribution in [0, 0.1) is 0 Å². The summed E-state index contributed by atoms with van der Waals surface area (Å²) >= 11 is 0. The zero-order valence-corrected chi connectivity index (χ0v) is 13.9. The summed E-state index contributed by atoms with van der Waals surface area (Å²) in [6, 6.07) is 5.58. The van der Waals surface area contributed by atoms with Gasteiger partial charge in [0.25, 0.3) is 10.0 Å². The van der Waals surface area contributed by atoms with Gasteiger partial charge in [-0.25, -0.2) is 8.42 Å². The van der Waals surface area contributed by atoms with E-state index in [4.69, 9.17) is 9.47 Å². The van der Waals surface area contributed by atoms with Crippen LogP contribution in [0.3, 0.4) is 0 Å². The summed E-state index contributed by atoms with van der Waals surface area (Å²) in [6.45, 7) is 0. The number of aromatic hydroxyl groups is 1. The molecule has 0 amide bonds. The van der Waals surface area contributed by atoms with Gasteiger partial charge in [-0.15, -0.1) is 0 Å². The fourth-order valence-corrected chi connectivity index (χ4v) is 3.06. The maximum Gasteiger partial charge on any atom is 0.416 e. The Morgan fingerprint density at radius 3 is 2.20 bits per heavy atom. The number of phenolic OH excluding ortho intramolecular Hbond substituents is 1. The number of ether oxygens (including phenoxy) is 2. The molecule has 0 heterocycles. The van der Waals surface area contributed by atoms with Crippen molar-refractivity contribution >= 4 is 15.7 Å². The largest absolute Gasteiger partial charge is 0.506 e. The molecule has 0 aliphatic heterocycles. The smallest absolute Gasteiger partial charge is 0.416 e. The van der Waals surface area contributed by atoms with Gasteiger partial charge in [-0.2, -0.15) is 13.2 Å². The molecule has 0 spiro atoms. The van der Waals surface area contributed by atoms with Crippen LogP contribution in [0.4, 0.5) is 18.9 Å². The van der Waals surface area contributed by atoms with Gasteiger partial charge in [-0.1, -0.05) is 0 Å². The molecular weight excluding hydrogens is 363 g/mol. The predicted octanol–water partition coefficient (Wildman–Crippen LogP) is 3.23. The van der Waals surface area contributed by atoms with E-state index in [2.05, 4.69) is 0 Å². The van der Waals surface area contributed by atoms with Crippen LogP contribution >= 0.6 is 0 Å². The van der Waals surface area contributed by atoms with Gasteiger partial charge in [0.15, 0.2) is 11.5 Å². The summed E-state index contributed by atoms with van der Waals surface area (Å²) in [4.78, 5) is -0.276. The third-order valence-electron chi connectivity index (χ3n) is 3.23. The minimum Gasteiger partial charge on any atom is -0.506 e.